The van der Waals surface area contributed by atoms with Gasteiger partial charge in [0.2, 0.25) is 0 Å². The fourth-order valence-electron chi connectivity index (χ4n) is 1.07. The minimum atomic E-state index is -0.623. The summed E-state index contributed by atoms with van der Waals surface area (Å²) >= 11 is 5.84. The highest BCUT2D eigenvalue weighted by molar-refractivity contribution is 6.34. The van der Waals surface area contributed by atoms with E-state index in [2.05, 4.69) is 5.16 Å². The van der Waals surface area contributed by atoms with Crippen LogP contribution in [-0.2, 0) is 0 Å². The van der Waals surface area contributed by atoms with Crippen LogP contribution in [0.15, 0.2) is 23.4 Å². The number of hydrogen-bond donors (Lipinski definition) is 2. The summed E-state index contributed by atoms with van der Waals surface area (Å²) in [6.45, 7) is -0.728. The second kappa shape index (κ2) is 5.41. The van der Waals surface area contributed by atoms with Crippen LogP contribution in [0.5, 0.6) is 5.75 Å². The van der Waals surface area contributed by atoms with Gasteiger partial charge in [0.25, 0.3) is 0 Å². The van der Waals surface area contributed by atoms with E-state index in [4.69, 9.17) is 27.3 Å². The van der Waals surface area contributed by atoms with Crippen LogP contribution in [0.3, 0.4) is 0 Å². The van der Waals surface area contributed by atoms with Gasteiger partial charge in [0, 0.05) is 0 Å². The van der Waals surface area contributed by atoms with E-state index in [1.807, 2.05) is 0 Å². The molecule has 0 unspecified atom stereocenters. The summed E-state index contributed by atoms with van der Waals surface area (Å²) in [5.41, 5.74) is 5.67. The summed E-state index contributed by atoms with van der Waals surface area (Å²) in [6.07, 6.45) is 0. The van der Waals surface area contributed by atoms with Crippen LogP contribution in [0.25, 0.3) is 0 Å². The standard InChI is InChI=1S/C9H10ClFN2O2/c10-6-2-1-3-7(15-5-4-11)8(6)9(12)13-14/h1-3,14H,4-5H2,(H2,12,13). The molecule has 4 nitrogen and oxygen atoms in total. The first-order chi connectivity index (χ1) is 7.20. The van der Waals surface area contributed by atoms with Gasteiger partial charge in [-0.1, -0.05) is 22.8 Å². The Bertz CT molecular complexity index is 371. The van der Waals surface area contributed by atoms with Crippen molar-refractivity contribution in [3.8, 4) is 5.75 Å². The number of oxime groups is 1. The average molecular weight is 233 g/mol. The normalized spacial score (nSPS) is 11.5. The topological polar surface area (TPSA) is 67.8 Å². The lowest BCUT2D eigenvalue weighted by molar-refractivity contribution is 0.272. The first-order valence-corrected chi connectivity index (χ1v) is 4.53. The molecule has 6 heteroatoms. The van der Waals surface area contributed by atoms with Crippen molar-refractivity contribution >= 4 is 17.4 Å². The number of benzene rings is 1. The molecule has 0 bridgehead atoms. The predicted octanol–water partition coefficient (Wildman–Crippen LogP) is 1.78. The van der Waals surface area contributed by atoms with Gasteiger partial charge in [-0.3, -0.25) is 0 Å². The molecule has 0 fully saturated rings. The second-order valence-electron chi connectivity index (χ2n) is 2.64. The van der Waals surface area contributed by atoms with Crippen molar-refractivity contribution in [2.45, 2.75) is 0 Å². The summed E-state index contributed by atoms with van der Waals surface area (Å²) in [5, 5.41) is 11.6. The monoisotopic (exact) mass is 232 g/mol. The Labute approximate surface area is 91.1 Å². The molecule has 1 rings (SSSR count). The van der Waals surface area contributed by atoms with E-state index in [1.54, 1.807) is 18.2 Å². The lowest BCUT2D eigenvalue weighted by Crippen LogP contribution is -2.16. The molecular formula is C9H10ClFN2O2. The lowest BCUT2D eigenvalue weighted by atomic mass is 10.2. The molecule has 0 radical (unpaired) electrons. The number of ether oxygens (including phenoxy) is 1. The predicted molar refractivity (Wildman–Crippen MR) is 55.4 cm³/mol. The molecule has 82 valence electrons. The molecule has 0 heterocycles. The molecule has 0 aliphatic heterocycles. The minimum Gasteiger partial charge on any atom is -0.490 e. The van der Waals surface area contributed by atoms with E-state index < -0.39 is 6.67 Å². The van der Waals surface area contributed by atoms with Crippen LogP contribution in [0.1, 0.15) is 5.56 Å². The average Bonchev–Trinajstić information content (AvgIpc) is 2.25. The van der Waals surface area contributed by atoms with E-state index in [0.717, 1.165) is 0 Å². The van der Waals surface area contributed by atoms with Gasteiger partial charge in [-0.25, -0.2) is 4.39 Å². The number of hydrogen-bond acceptors (Lipinski definition) is 3. The van der Waals surface area contributed by atoms with Crippen molar-refractivity contribution in [2.24, 2.45) is 10.9 Å². The van der Waals surface area contributed by atoms with Crippen molar-refractivity contribution in [1.29, 1.82) is 0 Å². The fourth-order valence-corrected chi connectivity index (χ4v) is 1.33. The van der Waals surface area contributed by atoms with Crippen molar-refractivity contribution in [3.05, 3.63) is 28.8 Å². The zero-order valence-corrected chi connectivity index (χ0v) is 8.54. The third kappa shape index (κ3) is 2.73. The van der Waals surface area contributed by atoms with Gasteiger partial charge in [-0.05, 0) is 12.1 Å². The van der Waals surface area contributed by atoms with Crippen LogP contribution in [0.2, 0.25) is 5.02 Å². The maximum Gasteiger partial charge on any atom is 0.175 e. The Morgan fingerprint density at radius 1 is 1.60 bits per heavy atom. The third-order valence-corrected chi connectivity index (χ3v) is 1.99. The number of nitrogens with two attached hydrogens (primary N) is 1. The van der Waals surface area contributed by atoms with Crippen LogP contribution < -0.4 is 10.5 Å². The van der Waals surface area contributed by atoms with E-state index >= 15 is 0 Å². The Balaban J connectivity index is 3.09. The smallest absolute Gasteiger partial charge is 0.175 e. The molecule has 0 spiro atoms. The number of rotatable bonds is 4. The van der Waals surface area contributed by atoms with Crippen LogP contribution >= 0.6 is 11.6 Å². The van der Waals surface area contributed by atoms with Crippen molar-refractivity contribution in [1.82, 2.24) is 0 Å². The molecule has 0 aliphatic carbocycles. The molecule has 3 N–H and O–H groups in total. The zero-order valence-electron chi connectivity index (χ0n) is 7.78. The molecule has 0 amide bonds. The third-order valence-electron chi connectivity index (χ3n) is 1.67. The number of halogens is 2. The maximum absolute atomic E-state index is 11.9. The van der Waals surface area contributed by atoms with Crippen molar-refractivity contribution in [3.63, 3.8) is 0 Å². The lowest BCUT2D eigenvalue weighted by Gasteiger charge is -2.10. The quantitative estimate of drug-likeness (QED) is 0.360. The van der Waals surface area contributed by atoms with Gasteiger partial charge in [0.15, 0.2) is 5.84 Å². The van der Waals surface area contributed by atoms with Crippen LogP contribution in [0, 0.1) is 0 Å². The molecule has 1 aromatic carbocycles. The van der Waals surface area contributed by atoms with Gasteiger partial charge in [0.05, 0.1) is 10.6 Å². The molecule has 1 aromatic rings. The number of amidine groups is 1. The van der Waals surface area contributed by atoms with E-state index in [-0.39, 0.29) is 28.8 Å². The summed E-state index contributed by atoms with van der Waals surface area (Å²) in [6, 6.07) is 4.76. The van der Waals surface area contributed by atoms with Crippen molar-refractivity contribution in [2.75, 3.05) is 13.3 Å². The second-order valence-corrected chi connectivity index (χ2v) is 3.04. The summed E-state index contributed by atoms with van der Waals surface area (Å²) < 4.78 is 17.0. The zero-order chi connectivity index (χ0) is 11.3. The Morgan fingerprint density at radius 2 is 2.33 bits per heavy atom. The minimum absolute atomic E-state index is 0.105. The highest BCUT2D eigenvalue weighted by Gasteiger charge is 2.12. The highest BCUT2D eigenvalue weighted by Crippen LogP contribution is 2.26. The molecule has 0 saturated heterocycles. The van der Waals surface area contributed by atoms with E-state index in [0.29, 0.717) is 0 Å². The molecule has 0 saturated carbocycles. The summed E-state index contributed by atoms with van der Waals surface area (Å²) in [5.74, 6) is 0.116. The molecule has 0 aromatic heterocycles. The molecule has 15 heavy (non-hydrogen) atoms. The fraction of sp³-hybridized carbons (Fsp3) is 0.222. The Hall–Kier alpha value is -1.49. The first kappa shape index (κ1) is 11.6. The molecule has 0 atom stereocenters. The van der Waals surface area contributed by atoms with Gasteiger partial charge < -0.3 is 15.7 Å². The first-order valence-electron chi connectivity index (χ1n) is 4.16. The highest BCUT2D eigenvalue weighted by atomic mass is 35.5. The van der Waals surface area contributed by atoms with Gasteiger partial charge in [-0.2, -0.15) is 0 Å². The van der Waals surface area contributed by atoms with E-state index in [9.17, 15) is 4.39 Å². The van der Waals surface area contributed by atoms with Crippen molar-refractivity contribution < 1.29 is 14.3 Å². The Morgan fingerprint density at radius 3 is 2.93 bits per heavy atom. The van der Waals surface area contributed by atoms with Crippen LogP contribution in [-0.4, -0.2) is 24.3 Å². The van der Waals surface area contributed by atoms with E-state index in [1.165, 1.54) is 0 Å². The maximum atomic E-state index is 11.9. The van der Waals surface area contributed by atoms with Gasteiger partial charge >= 0.3 is 0 Å². The number of alkyl halides is 1. The Kier molecular flexibility index (Phi) is 4.17. The van der Waals surface area contributed by atoms with Gasteiger partial charge in [-0.15, -0.1) is 0 Å². The van der Waals surface area contributed by atoms with Gasteiger partial charge in [0.1, 0.15) is 19.0 Å². The molecule has 0 aliphatic rings. The molecular weight excluding hydrogens is 223 g/mol. The summed E-state index contributed by atoms with van der Waals surface area (Å²) in [7, 11) is 0. The number of nitrogens with zero attached hydrogens (tertiary/aromatic N) is 1. The van der Waals surface area contributed by atoms with Crippen LogP contribution in [0.4, 0.5) is 4.39 Å². The largest absolute Gasteiger partial charge is 0.490 e. The SMILES string of the molecule is N/C(=N/O)c1c(Cl)cccc1OCCF. The summed E-state index contributed by atoms with van der Waals surface area (Å²) in [4.78, 5) is 0.